The number of halogens is 1. The maximum Gasteiger partial charge on any atom is 0.240 e. The Morgan fingerprint density at radius 1 is 1.00 bits per heavy atom. The first-order chi connectivity index (χ1) is 12.0. The summed E-state index contributed by atoms with van der Waals surface area (Å²) in [6.07, 6.45) is 1.01. The van der Waals surface area contributed by atoms with Gasteiger partial charge >= 0.3 is 0 Å². The minimum Gasteiger partial charge on any atom is -0.301 e. The SMILES string of the molecule is CN(C)C(CNS(=O)(=O)c1cccc(S(C)(=O)=O)c1)c1cccc(F)c1. The number of hydrogen-bond donors (Lipinski definition) is 1. The van der Waals surface area contributed by atoms with E-state index in [0.717, 1.165) is 12.3 Å². The van der Waals surface area contributed by atoms with E-state index >= 15 is 0 Å². The number of sulfonamides is 1. The lowest BCUT2D eigenvalue weighted by atomic mass is 10.1. The summed E-state index contributed by atoms with van der Waals surface area (Å²) in [6.45, 7) is 0.00187. The van der Waals surface area contributed by atoms with Crippen LogP contribution in [-0.2, 0) is 19.9 Å². The molecule has 1 unspecified atom stereocenters. The minimum absolute atomic E-state index is 0.00187. The zero-order chi connectivity index (χ0) is 19.5. The number of benzene rings is 2. The summed E-state index contributed by atoms with van der Waals surface area (Å²) < 4.78 is 64.3. The Hall–Kier alpha value is -1.81. The van der Waals surface area contributed by atoms with Gasteiger partial charge in [0.1, 0.15) is 5.82 Å². The van der Waals surface area contributed by atoms with Crippen LogP contribution in [0.2, 0.25) is 0 Å². The van der Waals surface area contributed by atoms with E-state index in [1.807, 2.05) is 0 Å². The second-order valence-electron chi connectivity index (χ2n) is 6.13. The van der Waals surface area contributed by atoms with Crippen LogP contribution < -0.4 is 4.72 Å². The highest BCUT2D eigenvalue weighted by atomic mass is 32.2. The molecule has 26 heavy (non-hydrogen) atoms. The molecule has 0 aliphatic carbocycles. The highest BCUT2D eigenvalue weighted by Crippen LogP contribution is 2.20. The van der Waals surface area contributed by atoms with Crippen molar-refractivity contribution in [2.24, 2.45) is 0 Å². The second-order valence-corrected chi connectivity index (χ2v) is 9.92. The van der Waals surface area contributed by atoms with Gasteiger partial charge in [0.2, 0.25) is 10.0 Å². The molecule has 2 aromatic rings. The van der Waals surface area contributed by atoms with E-state index < -0.39 is 31.7 Å². The Kier molecular flexibility index (Phi) is 6.17. The van der Waals surface area contributed by atoms with Gasteiger partial charge in [-0.15, -0.1) is 0 Å². The lowest BCUT2D eigenvalue weighted by molar-refractivity contribution is 0.299. The number of sulfone groups is 1. The molecule has 0 saturated carbocycles. The van der Waals surface area contributed by atoms with Crippen molar-refractivity contribution in [1.29, 1.82) is 0 Å². The monoisotopic (exact) mass is 400 g/mol. The predicted molar refractivity (Wildman–Crippen MR) is 97.6 cm³/mol. The van der Waals surface area contributed by atoms with Crippen molar-refractivity contribution < 1.29 is 21.2 Å². The molecule has 0 aromatic heterocycles. The van der Waals surface area contributed by atoms with Crippen molar-refractivity contribution in [1.82, 2.24) is 9.62 Å². The fraction of sp³-hybridized carbons (Fsp3) is 0.294. The van der Waals surface area contributed by atoms with Crippen molar-refractivity contribution in [2.45, 2.75) is 15.8 Å². The number of rotatable bonds is 7. The molecule has 0 saturated heterocycles. The van der Waals surface area contributed by atoms with Crippen molar-refractivity contribution in [3.05, 3.63) is 59.9 Å². The van der Waals surface area contributed by atoms with Gasteiger partial charge in [-0.3, -0.25) is 0 Å². The van der Waals surface area contributed by atoms with Crippen LogP contribution in [0.3, 0.4) is 0 Å². The zero-order valence-electron chi connectivity index (χ0n) is 14.7. The lowest BCUT2D eigenvalue weighted by Gasteiger charge is -2.25. The summed E-state index contributed by atoms with van der Waals surface area (Å²) in [5.41, 5.74) is 0.627. The van der Waals surface area contributed by atoms with E-state index in [2.05, 4.69) is 4.72 Å². The molecule has 6 nitrogen and oxygen atoms in total. The van der Waals surface area contributed by atoms with Crippen LogP contribution in [0.5, 0.6) is 0 Å². The number of nitrogens with zero attached hydrogens (tertiary/aromatic N) is 1. The fourth-order valence-corrected chi connectivity index (χ4v) is 4.28. The van der Waals surface area contributed by atoms with Gasteiger partial charge in [0.25, 0.3) is 0 Å². The molecule has 0 spiro atoms. The summed E-state index contributed by atoms with van der Waals surface area (Å²) in [5, 5.41) is 0. The molecule has 2 rings (SSSR count). The van der Waals surface area contributed by atoms with E-state index in [1.54, 1.807) is 31.1 Å². The largest absolute Gasteiger partial charge is 0.301 e. The molecule has 0 heterocycles. The van der Waals surface area contributed by atoms with Crippen LogP contribution in [0.15, 0.2) is 58.3 Å². The van der Waals surface area contributed by atoms with Crippen LogP contribution in [-0.4, -0.2) is 48.6 Å². The van der Waals surface area contributed by atoms with Crippen LogP contribution in [0.1, 0.15) is 11.6 Å². The molecule has 0 fully saturated rings. The summed E-state index contributed by atoms with van der Waals surface area (Å²) in [5.74, 6) is -0.405. The van der Waals surface area contributed by atoms with Gasteiger partial charge in [0, 0.05) is 18.8 Å². The van der Waals surface area contributed by atoms with E-state index in [0.29, 0.717) is 5.56 Å². The summed E-state index contributed by atoms with van der Waals surface area (Å²) >= 11 is 0. The van der Waals surface area contributed by atoms with E-state index in [4.69, 9.17) is 0 Å². The smallest absolute Gasteiger partial charge is 0.240 e. The zero-order valence-corrected chi connectivity index (χ0v) is 16.3. The Morgan fingerprint density at radius 3 is 2.19 bits per heavy atom. The third kappa shape index (κ3) is 5.10. The first-order valence-corrected chi connectivity index (χ1v) is 11.1. The molecule has 2 aromatic carbocycles. The molecule has 0 aliphatic heterocycles. The maximum atomic E-state index is 13.5. The average Bonchev–Trinajstić information content (AvgIpc) is 2.54. The first-order valence-electron chi connectivity index (χ1n) is 7.72. The molecule has 0 bridgehead atoms. The van der Waals surface area contributed by atoms with Gasteiger partial charge in [0.15, 0.2) is 9.84 Å². The van der Waals surface area contributed by atoms with Gasteiger partial charge in [-0.1, -0.05) is 18.2 Å². The van der Waals surface area contributed by atoms with E-state index in [-0.39, 0.29) is 16.3 Å². The molecule has 0 aliphatic rings. The van der Waals surface area contributed by atoms with E-state index in [1.165, 1.54) is 30.3 Å². The van der Waals surface area contributed by atoms with Gasteiger partial charge in [-0.05, 0) is 50.0 Å². The third-order valence-corrected chi connectivity index (χ3v) is 6.40. The Labute approximate surface area is 153 Å². The Balaban J connectivity index is 2.26. The van der Waals surface area contributed by atoms with Crippen LogP contribution >= 0.6 is 0 Å². The molecule has 9 heteroatoms. The molecular formula is C17H21FN2O4S2. The topological polar surface area (TPSA) is 83.6 Å². The maximum absolute atomic E-state index is 13.5. The van der Waals surface area contributed by atoms with Gasteiger partial charge in [-0.2, -0.15) is 0 Å². The summed E-state index contributed by atoms with van der Waals surface area (Å²) in [7, 11) is -3.93. The number of nitrogens with one attached hydrogen (secondary N) is 1. The minimum atomic E-state index is -3.92. The van der Waals surface area contributed by atoms with Crippen LogP contribution in [0.25, 0.3) is 0 Å². The molecule has 142 valence electrons. The van der Waals surface area contributed by atoms with Gasteiger partial charge < -0.3 is 4.90 Å². The van der Waals surface area contributed by atoms with Crippen molar-refractivity contribution >= 4 is 19.9 Å². The molecule has 1 N–H and O–H groups in total. The molecular weight excluding hydrogens is 379 g/mol. The van der Waals surface area contributed by atoms with Crippen molar-refractivity contribution in [3.63, 3.8) is 0 Å². The normalized spacial score (nSPS) is 13.7. The molecule has 0 radical (unpaired) electrons. The Morgan fingerprint density at radius 2 is 1.62 bits per heavy atom. The third-order valence-electron chi connectivity index (χ3n) is 3.87. The first kappa shape index (κ1) is 20.5. The van der Waals surface area contributed by atoms with E-state index in [9.17, 15) is 21.2 Å². The number of likely N-dealkylation sites (N-methyl/N-ethyl adjacent to an activating group) is 1. The van der Waals surface area contributed by atoms with Crippen molar-refractivity contribution in [2.75, 3.05) is 26.9 Å². The van der Waals surface area contributed by atoms with Crippen LogP contribution in [0, 0.1) is 5.82 Å². The predicted octanol–water partition coefficient (Wildman–Crippen LogP) is 1.81. The number of hydrogen-bond acceptors (Lipinski definition) is 5. The molecule has 1 atom stereocenters. The Bertz CT molecular complexity index is 989. The second kappa shape index (κ2) is 7.83. The highest BCUT2D eigenvalue weighted by Gasteiger charge is 2.21. The quantitative estimate of drug-likeness (QED) is 0.766. The fourth-order valence-electron chi connectivity index (χ4n) is 2.46. The molecule has 0 amide bonds. The standard InChI is InChI=1S/C17H21FN2O4S2/c1-20(2)17(13-6-4-7-14(18)10-13)12-19-26(23,24)16-9-5-8-15(11-16)25(3,21)22/h4-11,17,19H,12H2,1-3H3. The van der Waals surface area contributed by atoms with Gasteiger partial charge in [0.05, 0.1) is 9.79 Å². The average molecular weight is 400 g/mol. The highest BCUT2D eigenvalue weighted by molar-refractivity contribution is 7.91. The van der Waals surface area contributed by atoms with Crippen LogP contribution in [0.4, 0.5) is 4.39 Å². The summed E-state index contributed by atoms with van der Waals surface area (Å²) in [6, 6.07) is 10.7. The van der Waals surface area contributed by atoms with Crippen molar-refractivity contribution in [3.8, 4) is 0 Å². The van der Waals surface area contributed by atoms with Gasteiger partial charge in [-0.25, -0.2) is 25.9 Å². The lowest BCUT2D eigenvalue weighted by Crippen LogP contribution is -2.34. The summed E-state index contributed by atoms with van der Waals surface area (Å²) in [4.78, 5) is 1.55.